The van der Waals surface area contributed by atoms with Gasteiger partial charge in [-0.1, -0.05) is 238 Å². The Morgan fingerprint density at radius 3 is 1.14 bits per heavy atom. The summed E-state index contributed by atoms with van der Waals surface area (Å²) < 4.78 is 64.9. The number of aliphatic hydroxyl groups is 10. The first-order chi connectivity index (χ1) is 46.3. The zero-order chi connectivity index (χ0) is 70.4. The maximum Gasteiger partial charge on any atom is 0.472 e. The fourth-order valence-electron chi connectivity index (χ4n) is 12.4. The molecule has 0 aromatic heterocycles. The Balaban J connectivity index is 1.73. The summed E-state index contributed by atoms with van der Waals surface area (Å²) in [5.41, 5.74) is 0. The van der Waals surface area contributed by atoms with E-state index in [0.717, 1.165) is 89.9 Å². The van der Waals surface area contributed by atoms with Crippen LogP contribution in [0.2, 0.25) is 0 Å². The zero-order valence-corrected chi connectivity index (χ0v) is 59.6. The van der Waals surface area contributed by atoms with Crippen LogP contribution in [0, 0.1) is 0 Å². The van der Waals surface area contributed by atoms with Gasteiger partial charge in [0.2, 0.25) is 0 Å². The predicted molar refractivity (Wildman–Crippen MR) is 361 cm³/mol. The number of rotatable bonds is 58. The van der Waals surface area contributed by atoms with E-state index < -0.39 is 156 Å². The summed E-state index contributed by atoms with van der Waals surface area (Å²) in [6.07, 6.45) is 11.5. The minimum absolute atomic E-state index is 0.00934. The van der Waals surface area contributed by atoms with Gasteiger partial charge in [-0.25, -0.2) is 4.57 Å². The number of aliphatic hydroxyl groups excluding tert-OH is 10. The number of esters is 3. The topological polar surface area (TPSA) is 374 Å². The van der Waals surface area contributed by atoms with Crippen molar-refractivity contribution in [3.8, 4) is 0 Å². The van der Waals surface area contributed by atoms with Crippen LogP contribution in [-0.2, 0) is 61.2 Å². The van der Waals surface area contributed by atoms with E-state index >= 15 is 0 Å². The molecule has 2 saturated heterocycles. The maximum absolute atomic E-state index is 14.3. The average molecular weight is 1400 g/mol. The van der Waals surface area contributed by atoms with E-state index in [1.54, 1.807) is 0 Å². The van der Waals surface area contributed by atoms with Crippen LogP contribution in [0.1, 0.15) is 290 Å². The molecule has 1 aliphatic carbocycles. The van der Waals surface area contributed by atoms with Crippen molar-refractivity contribution in [1.82, 2.24) is 0 Å². The van der Waals surface area contributed by atoms with Crippen LogP contribution in [0.4, 0.5) is 0 Å². The summed E-state index contributed by atoms with van der Waals surface area (Å²) >= 11 is 0. The third-order valence-electron chi connectivity index (χ3n) is 18.5. The molecule has 3 rings (SSSR count). The largest absolute Gasteiger partial charge is 0.472 e. The zero-order valence-electron chi connectivity index (χ0n) is 58.7. The molecular formula is C71H131O24P. The summed E-state index contributed by atoms with van der Waals surface area (Å²) in [7, 11) is -5.69. The van der Waals surface area contributed by atoms with Gasteiger partial charge in [-0.2, -0.15) is 0 Å². The molecule has 3 aliphatic rings. The number of hydrogen-bond donors (Lipinski definition) is 11. The fourth-order valence-corrected chi connectivity index (χ4v) is 13.4. The minimum Gasteiger partial charge on any atom is -0.463 e. The van der Waals surface area contributed by atoms with Crippen molar-refractivity contribution in [2.45, 2.75) is 395 Å². The quantitative estimate of drug-likeness (QED) is 0.00886. The molecule has 0 aromatic carbocycles. The van der Waals surface area contributed by atoms with Crippen LogP contribution < -0.4 is 0 Å². The molecule has 0 amide bonds. The lowest BCUT2D eigenvalue weighted by Crippen LogP contribution is -2.69. The van der Waals surface area contributed by atoms with Crippen molar-refractivity contribution >= 4 is 25.7 Å². The molecule has 0 spiro atoms. The van der Waals surface area contributed by atoms with Gasteiger partial charge in [0.25, 0.3) is 0 Å². The average Bonchev–Trinajstić information content (AvgIpc) is 0.766. The number of allylic oxidation sites excluding steroid dienone is 2. The van der Waals surface area contributed by atoms with Crippen LogP contribution in [0.25, 0.3) is 0 Å². The molecule has 0 bridgehead atoms. The van der Waals surface area contributed by atoms with Gasteiger partial charge in [-0.05, 0) is 44.9 Å². The smallest absolute Gasteiger partial charge is 0.463 e. The Hall–Kier alpha value is -2.30. The number of phosphoric acid groups is 1. The van der Waals surface area contributed by atoms with Crippen molar-refractivity contribution in [1.29, 1.82) is 0 Å². The predicted octanol–water partition coefficient (Wildman–Crippen LogP) is 9.96. The van der Waals surface area contributed by atoms with E-state index in [1.807, 2.05) is 0 Å². The van der Waals surface area contributed by atoms with E-state index in [-0.39, 0.29) is 19.3 Å². The van der Waals surface area contributed by atoms with Gasteiger partial charge in [0, 0.05) is 19.3 Å². The Kier molecular flexibility index (Phi) is 49.0. The van der Waals surface area contributed by atoms with Crippen LogP contribution in [-0.4, -0.2) is 204 Å². The summed E-state index contributed by atoms with van der Waals surface area (Å²) in [6.45, 7) is 3.42. The standard InChI is InChI=1S/C71H131O24P/c1-4-7-10-13-16-19-22-24-25-26-27-29-32-33-36-39-42-45-55(73)87-49-52(90-57(75)47-44-41-38-35-30-21-18-15-12-9-6-3)50-89-96(85,86)95-69-67(93-70-65(83)60(78)58(76)53(48-72)91-70)63(81)62(80)64(82)68(69)94-71-66(84)61(79)59(77)54(92-71)51-88-56(74)46-43-40-37-34-31-28-23-20-17-14-11-8-5-2/h28,31,52-54,58-72,76-84H,4-27,29-30,32-51H2,1-3H3,(H,85,86)/b31-28-. The Morgan fingerprint density at radius 2 is 0.729 bits per heavy atom. The second-order valence-corrected chi connectivity index (χ2v) is 28.4. The SMILES string of the molecule is CCCCCCCC/C=C\CCCCCC(=O)OCC1OC(OC2C(O)C(O)C(O)C(OC3OC(CO)C(O)C(O)C3O)C2OP(=O)(O)OCC(COC(=O)CCCCCCCCCCCCCCCCCCC)OC(=O)CCCCCCCCCCCCC)C(O)C(O)C1O. The third-order valence-corrected chi connectivity index (χ3v) is 19.5. The van der Waals surface area contributed by atoms with Crippen LogP contribution in [0.3, 0.4) is 0 Å². The van der Waals surface area contributed by atoms with Crippen LogP contribution in [0.5, 0.6) is 0 Å². The molecule has 18 atom stereocenters. The molecule has 0 radical (unpaired) electrons. The van der Waals surface area contributed by atoms with E-state index in [4.69, 9.17) is 42.2 Å². The summed E-state index contributed by atoms with van der Waals surface area (Å²) in [5, 5.41) is 110. The molecule has 96 heavy (non-hydrogen) atoms. The number of ether oxygens (including phenoxy) is 7. The van der Waals surface area contributed by atoms with Gasteiger partial charge < -0.3 is 89.1 Å². The van der Waals surface area contributed by atoms with Gasteiger partial charge in [0.1, 0.15) is 98.7 Å². The summed E-state index contributed by atoms with van der Waals surface area (Å²) in [5.74, 6) is -2.00. The number of unbranched alkanes of at least 4 members (excludes halogenated alkanes) is 35. The molecule has 2 heterocycles. The van der Waals surface area contributed by atoms with Gasteiger partial charge in [0.05, 0.1) is 13.2 Å². The Bertz CT molecular complexity index is 2040. The van der Waals surface area contributed by atoms with Crippen molar-refractivity contribution in [3.63, 3.8) is 0 Å². The van der Waals surface area contributed by atoms with E-state index in [1.165, 1.54) is 141 Å². The number of phosphoric ester groups is 1. The normalized spacial score (nSPS) is 28.0. The van der Waals surface area contributed by atoms with Crippen molar-refractivity contribution in [3.05, 3.63) is 12.2 Å². The lowest BCUT2D eigenvalue weighted by molar-refractivity contribution is -0.360. The Labute approximate surface area is 573 Å². The minimum atomic E-state index is -5.69. The van der Waals surface area contributed by atoms with Crippen molar-refractivity contribution < 1.29 is 117 Å². The highest BCUT2D eigenvalue weighted by atomic mass is 31.2. The third kappa shape index (κ3) is 36.5. The van der Waals surface area contributed by atoms with Crippen LogP contribution >= 0.6 is 7.82 Å². The van der Waals surface area contributed by atoms with Crippen LogP contribution in [0.15, 0.2) is 12.2 Å². The van der Waals surface area contributed by atoms with E-state index in [2.05, 4.69) is 32.9 Å². The van der Waals surface area contributed by atoms with E-state index in [9.17, 15) is 74.9 Å². The lowest BCUT2D eigenvalue weighted by Gasteiger charge is -2.49. The summed E-state index contributed by atoms with van der Waals surface area (Å²) in [4.78, 5) is 50.9. The molecule has 0 aromatic rings. The Morgan fingerprint density at radius 1 is 0.396 bits per heavy atom. The highest BCUT2D eigenvalue weighted by Crippen LogP contribution is 2.49. The van der Waals surface area contributed by atoms with Gasteiger partial charge in [0.15, 0.2) is 18.7 Å². The van der Waals surface area contributed by atoms with Gasteiger partial charge >= 0.3 is 25.7 Å². The molecule has 11 N–H and O–H groups in total. The van der Waals surface area contributed by atoms with Crippen molar-refractivity contribution in [2.75, 3.05) is 26.4 Å². The van der Waals surface area contributed by atoms with Crippen molar-refractivity contribution in [2.24, 2.45) is 0 Å². The number of carbonyl (C=O) groups excluding carboxylic acids is 3. The highest BCUT2D eigenvalue weighted by molar-refractivity contribution is 7.47. The second kappa shape index (κ2) is 53.5. The first-order valence-electron chi connectivity index (χ1n) is 37.5. The molecule has 24 nitrogen and oxygen atoms in total. The monoisotopic (exact) mass is 1400 g/mol. The molecular weight excluding hydrogens is 1270 g/mol. The first-order valence-corrected chi connectivity index (χ1v) is 39.0. The maximum atomic E-state index is 14.3. The second-order valence-electron chi connectivity index (χ2n) is 27.0. The molecule has 25 heteroatoms. The first kappa shape index (κ1) is 87.9. The van der Waals surface area contributed by atoms with Gasteiger partial charge in [-0.3, -0.25) is 23.4 Å². The molecule has 1 saturated carbocycles. The number of carbonyl (C=O) groups is 3. The molecule has 3 fully saturated rings. The molecule has 2 aliphatic heterocycles. The fraction of sp³-hybridized carbons (Fsp3) is 0.930. The lowest BCUT2D eigenvalue weighted by atomic mass is 9.84. The summed E-state index contributed by atoms with van der Waals surface area (Å²) in [6, 6.07) is 0. The molecule has 18 unspecified atom stereocenters. The highest BCUT2D eigenvalue weighted by Gasteiger charge is 2.58. The van der Waals surface area contributed by atoms with E-state index in [0.29, 0.717) is 19.3 Å². The number of hydrogen-bond acceptors (Lipinski definition) is 23. The molecule has 564 valence electrons. The van der Waals surface area contributed by atoms with Gasteiger partial charge in [-0.15, -0.1) is 0 Å².